The molecule has 3 rings (SSSR count). The lowest BCUT2D eigenvalue weighted by atomic mass is 9.85. The summed E-state index contributed by atoms with van der Waals surface area (Å²) in [5.41, 5.74) is 6.88. The lowest BCUT2D eigenvalue weighted by Crippen LogP contribution is -2.25. The second-order valence-electron chi connectivity index (χ2n) is 13.3. The quantitative estimate of drug-likeness (QED) is 0.162. The molecule has 1 amide bonds. The van der Waals surface area contributed by atoms with Crippen LogP contribution in [0.2, 0.25) is 0 Å². The summed E-state index contributed by atoms with van der Waals surface area (Å²) < 4.78 is 0. The van der Waals surface area contributed by atoms with Crippen molar-refractivity contribution in [3.05, 3.63) is 75.0 Å². The first-order chi connectivity index (χ1) is 19.1. The minimum Gasteiger partial charge on any atom is -0.481 e. The van der Waals surface area contributed by atoms with E-state index in [1.807, 2.05) is 17.8 Å². The summed E-state index contributed by atoms with van der Waals surface area (Å²) >= 11 is 3.41. The highest BCUT2D eigenvalue weighted by Gasteiger charge is 2.20. The zero-order valence-corrected chi connectivity index (χ0v) is 27.7. The average molecular weight is 594 g/mol. The lowest BCUT2D eigenvalue weighted by molar-refractivity contribution is -0.136. The van der Waals surface area contributed by atoms with Crippen molar-refractivity contribution < 1.29 is 14.7 Å². The summed E-state index contributed by atoms with van der Waals surface area (Å²) in [7, 11) is 0. The number of carbonyl (C=O) groups excluding carboxylic acids is 1. The van der Waals surface area contributed by atoms with Crippen LogP contribution in [-0.4, -0.2) is 23.5 Å². The molecular weight excluding hydrogens is 547 g/mol. The summed E-state index contributed by atoms with van der Waals surface area (Å²) in [6.07, 6.45) is 4.45. The van der Waals surface area contributed by atoms with E-state index in [1.165, 1.54) is 61.8 Å². The Labute approximate surface area is 255 Å². The molecule has 0 aliphatic heterocycles. The first-order valence-corrected chi connectivity index (χ1v) is 16.3. The number of thiophene rings is 1. The Morgan fingerprint density at radius 1 is 0.927 bits per heavy atom. The van der Waals surface area contributed by atoms with Crippen molar-refractivity contribution in [2.45, 2.75) is 103 Å². The van der Waals surface area contributed by atoms with E-state index in [2.05, 4.69) is 103 Å². The van der Waals surface area contributed by atoms with Crippen LogP contribution >= 0.6 is 23.1 Å². The number of nitrogens with one attached hydrogen (secondary N) is 1. The van der Waals surface area contributed by atoms with Crippen LogP contribution in [0.3, 0.4) is 0 Å². The Bertz CT molecular complexity index is 1300. The van der Waals surface area contributed by atoms with E-state index >= 15 is 0 Å². The monoisotopic (exact) mass is 593 g/mol. The molecule has 0 aliphatic rings. The van der Waals surface area contributed by atoms with E-state index in [-0.39, 0.29) is 29.5 Å². The largest absolute Gasteiger partial charge is 0.481 e. The van der Waals surface area contributed by atoms with Crippen molar-refractivity contribution in [2.75, 3.05) is 6.54 Å². The van der Waals surface area contributed by atoms with Crippen LogP contribution in [0.1, 0.15) is 110 Å². The van der Waals surface area contributed by atoms with Crippen molar-refractivity contribution in [1.29, 1.82) is 0 Å². The van der Waals surface area contributed by atoms with Crippen LogP contribution in [0, 0.1) is 19.3 Å². The maximum Gasteiger partial charge on any atom is 0.305 e. The summed E-state index contributed by atoms with van der Waals surface area (Å²) in [6.45, 7) is 18.1. The number of benzene rings is 2. The first-order valence-electron chi connectivity index (χ1n) is 14.6. The van der Waals surface area contributed by atoms with Gasteiger partial charge in [-0.05, 0) is 89.6 Å². The normalized spacial score (nSPS) is 12.8. The number of unbranched alkanes of at least 4 members (excludes halogenated alkanes) is 1. The van der Waals surface area contributed by atoms with E-state index in [1.54, 1.807) is 0 Å². The van der Waals surface area contributed by atoms with Gasteiger partial charge in [0.05, 0.1) is 11.3 Å². The Morgan fingerprint density at radius 2 is 1.56 bits per heavy atom. The van der Waals surface area contributed by atoms with Gasteiger partial charge in [-0.2, -0.15) is 0 Å². The molecule has 6 heteroatoms. The Kier molecular flexibility index (Phi) is 11.3. The number of rotatable bonds is 12. The minimum atomic E-state index is -0.914. The number of aliphatic carboxylic acids is 1. The zero-order valence-electron chi connectivity index (χ0n) is 26.0. The summed E-state index contributed by atoms with van der Waals surface area (Å²) in [5, 5.41) is 11.9. The van der Waals surface area contributed by atoms with Crippen LogP contribution in [-0.2, 0) is 10.2 Å². The summed E-state index contributed by atoms with van der Waals surface area (Å²) in [5.74, 6) is -1.12. The molecule has 4 nitrogen and oxygen atoms in total. The van der Waals surface area contributed by atoms with Gasteiger partial charge >= 0.3 is 5.97 Å². The van der Waals surface area contributed by atoms with E-state index in [0.29, 0.717) is 10.3 Å². The average Bonchev–Trinajstić information content (AvgIpc) is 3.35. The molecule has 1 heterocycles. The smallest absolute Gasteiger partial charge is 0.305 e. The van der Waals surface area contributed by atoms with Gasteiger partial charge in [0, 0.05) is 21.6 Å². The molecular formula is C35H47NO3S2. The molecule has 1 atom stereocenters. The van der Waals surface area contributed by atoms with Crippen molar-refractivity contribution >= 4 is 35.0 Å². The molecule has 0 radical (unpaired) electrons. The van der Waals surface area contributed by atoms with Crippen LogP contribution in [0.4, 0.5) is 0 Å². The topological polar surface area (TPSA) is 66.4 Å². The Hall–Kier alpha value is -2.57. The molecule has 1 aromatic heterocycles. The standard InChI is InChI=1S/C35H47NO3S2/c1-23-21-27(22-24(2)32(23)25-12-14-26(15-13-25)35(6,7)8)40-28(11-9-10-19-34(3,4)5)29-16-17-30(41-29)33(39)36-20-18-31(37)38/h12-17,21-22,28H,9-11,18-20H2,1-8H3,(H,36,39)(H,37,38). The first kappa shape index (κ1) is 32.9. The molecule has 2 N–H and O–H groups in total. The number of carboxylic acid groups (broad SMARTS) is 1. The van der Waals surface area contributed by atoms with Crippen molar-refractivity contribution in [2.24, 2.45) is 5.41 Å². The van der Waals surface area contributed by atoms with Crippen LogP contribution in [0.25, 0.3) is 11.1 Å². The van der Waals surface area contributed by atoms with E-state index < -0.39 is 5.97 Å². The number of thioether (sulfide) groups is 1. The number of carboxylic acids is 1. The number of amides is 1. The highest BCUT2D eigenvalue weighted by Crippen LogP contribution is 2.44. The number of hydrogen-bond donors (Lipinski definition) is 2. The van der Waals surface area contributed by atoms with E-state index in [4.69, 9.17) is 5.11 Å². The van der Waals surface area contributed by atoms with Gasteiger partial charge in [-0.15, -0.1) is 23.1 Å². The Balaban J connectivity index is 1.82. The van der Waals surface area contributed by atoms with Crippen LogP contribution in [0.5, 0.6) is 0 Å². The van der Waals surface area contributed by atoms with Gasteiger partial charge in [0.2, 0.25) is 0 Å². The summed E-state index contributed by atoms with van der Waals surface area (Å²) in [6, 6.07) is 17.5. The molecule has 0 saturated heterocycles. The maximum absolute atomic E-state index is 12.6. The molecule has 41 heavy (non-hydrogen) atoms. The molecule has 222 valence electrons. The van der Waals surface area contributed by atoms with Gasteiger partial charge in [0.15, 0.2) is 0 Å². The van der Waals surface area contributed by atoms with Crippen molar-refractivity contribution in [3.8, 4) is 11.1 Å². The third kappa shape index (κ3) is 10.0. The highest BCUT2D eigenvalue weighted by molar-refractivity contribution is 7.99. The fourth-order valence-corrected chi connectivity index (χ4v) is 7.54. The molecule has 0 aliphatic carbocycles. The molecule has 2 aromatic carbocycles. The molecule has 0 saturated carbocycles. The third-order valence-electron chi connectivity index (χ3n) is 7.26. The van der Waals surface area contributed by atoms with Crippen molar-refractivity contribution in [1.82, 2.24) is 5.32 Å². The predicted octanol–water partition coefficient (Wildman–Crippen LogP) is 9.97. The van der Waals surface area contributed by atoms with Gasteiger partial charge in [0.25, 0.3) is 5.91 Å². The zero-order chi connectivity index (χ0) is 30.4. The molecule has 1 unspecified atom stereocenters. The molecule has 3 aromatic rings. The van der Waals surface area contributed by atoms with Gasteiger partial charge < -0.3 is 10.4 Å². The number of hydrogen-bond acceptors (Lipinski definition) is 4. The van der Waals surface area contributed by atoms with Crippen LogP contribution < -0.4 is 5.32 Å². The molecule has 0 bridgehead atoms. The second kappa shape index (κ2) is 14.1. The fraction of sp³-hybridized carbons (Fsp3) is 0.486. The van der Waals surface area contributed by atoms with Gasteiger partial charge in [-0.3, -0.25) is 9.59 Å². The van der Waals surface area contributed by atoms with Crippen LogP contribution in [0.15, 0.2) is 53.4 Å². The maximum atomic E-state index is 12.6. The lowest BCUT2D eigenvalue weighted by Gasteiger charge is -2.21. The van der Waals surface area contributed by atoms with Gasteiger partial charge in [-0.1, -0.05) is 78.6 Å². The third-order valence-corrected chi connectivity index (χ3v) is 9.89. The molecule has 0 spiro atoms. The minimum absolute atomic E-state index is 0.0777. The fourth-order valence-electron chi connectivity index (χ4n) is 5.01. The predicted molar refractivity (Wildman–Crippen MR) is 175 cm³/mol. The Morgan fingerprint density at radius 3 is 2.12 bits per heavy atom. The molecule has 0 fully saturated rings. The number of carbonyl (C=O) groups is 2. The van der Waals surface area contributed by atoms with E-state index in [0.717, 1.165) is 12.8 Å². The second-order valence-corrected chi connectivity index (χ2v) is 15.7. The SMILES string of the molecule is Cc1cc(SC(CCCCC(C)(C)C)c2ccc(C(=O)NCCC(=O)O)s2)cc(C)c1-c1ccc(C(C)(C)C)cc1. The number of aryl methyl sites for hydroxylation is 2. The highest BCUT2D eigenvalue weighted by atomic mass is 32.2. The van der Waals surface area contributed by atoms with Gasteiger partial charge in [-0.25, -0.2) is 0 Å². The summed E-state index contributed by atoms with van der Waals surface area (Å²) in [4.78, 5) is 26.5. The van der Waals surface area contributed by atoms with E-state index in [9.17, 15) is 9.59 Å². The van der Waals surface area contributed by atoms with Gasteiger partial charge in [0.1, 0.15) is 0 Å². The van der Waals surface area contributed by atoms with Crippen molar-refractivity contribution in [3.63, 3.8) is 0 Å².